The third kappa shape index (κ3) is 4.11. The second kappa shape index (κ2) is 5.85. The molecule has 18 heavy (non-hydrogen) atoms. The summed E-state index contributed by atoms with van der Waals surface area (Å²) in [7, 11) is -3.27. The Labute approximate surface area is 108 Å². The first kappa shape index (κ1) is 15.2. The van der Waals surface area contributed by atoms with Crippen molar-refractivity contribution in [1.29, 1.82) is 0 Å². The number of hydrogen-bond acceptors (Lipinski definition) is 4. The van der Waals surface area contributed by atoms with Crippen LogP contribution < -0.4 is 5.32 Å². The fourth-order valence-electron chi connectivity index (χ4n) is 2.07. The van der Waals surface area contributed by atoms with Gasteiger partial charge in [0.05, 0.1) is 6.26 Å². The van der Waals surface area contributed by atoms with Gasteiger partial charge in [-0.25, -0.2) is 13.2 Å². The van der Waals surface area contributed by atoms with E-state index in [1.807, 2.05) is 0 Å². The number of amides is 1. The summed E-state index contributed by atoms with van der Waals surface area (Å²) in [5.74, 6) is 0. The van der Waals surface area contributed by atoms with Crippen LogP contribution in [0.3, 0.4) is 0 Å². The number of sulfonamides is 1. The average Bonchev–Trinajstić information content (AvgIpc) is 2.24. The van der Waals surface area contributed by atoms with Gasteiger partial charge < -0.3 is 15.3 Å². The van der Waals surface area contributed by atoms with Gasteiger partial charge in [0.2, 0.25) is 10.0 Å². The number of carbonyl (C=O) groups is 1. The zero-order valence-corrected chi connectivity index (χ0v) is 11.8. The smallest absolute Gasteiger partial charge is 0.407 e. The van der Waals surface area contributed by atoms with Crippen molar-refractivity contribution in [3.8, 4) is 0 Å². The van der Waals surface area contributed by atoms with Crippen LogP contribution in [0.5, 0.6) is 0 Å². The number of nitrogens with one attached hydrogen (secondary N) is 1. The molecule has 7 nitrogen and oxygen atoms in total. The Morgan fingerprint density at radius 2 is 2.17 bits per heavy atom. The maximum Gasteiger partial charge on any atom is 0.407 e. The van der Waals surface area contributed by atoms with Gasteiger partial charge in [-0.2, -0.15) is 4.31 Å². The topological polar surface area (TPSA) is 89.9 Å². The maximum absolute atomic E-state index is 11.6. The van der Waals surface area contributed by atoms with Crippen LogP contribution in [0.15, 0.2) is 0 Å². The molecule has 0 aromatic rings. The number of carboxylic acid groups (broad SMARTS) is 1. The molecule has 1 aliphatic rings. The van der Waals surface area contributed by atoms with E-state index in [-0.39, 0.29) is 12.1 Å². The Morgan fingerprint density at radius 1 is 1.56 bits per heavy atom. The first-order valence-corrected chi connectivity index (χ1v) is 7.74. The van der Waals surface area contributed by atoms with Crippen molar-refractivity contribution in [1.82, 2.24) is 14.5 Å². The molecule has 8 heteroatoms. The average molecular weight is 279 g/mol. The lowest BCUT2D eigenvalue weighted by atomic mass is 10.2. The molecule has 0 bridgehead atoms. The molecule has 106 valence electrons. The first-order valence-electron chi connectivity index (χ1n) is 5.90. The molecular formula is C10H21N3O4S. The number of rotatable bonds is 4. The molecule has 0 aromatic carbocycles. The van der Waals surface area contributed by atoms with Gasteiger partial charge in [0, 0.05) is 38.3 Å². The van der Waals surface area contributed by atoms with E-state index in [4.69, 9.17) is 5.11 Å². The van der Waals surface area contributed by atoms with Crippen molar-refractivity contribution in [2.45, 2.75) is 25.9 Å². The number of nitrogens with zero attached hydrogens (tertiary/aromatic N) is 2. The summed E-state index contributed by atoms with van der Waals surface area (Å²) in [6, 6.07) is -0.297. The molecular weight excluding hydrogens is 258 g/mol. The predicted octanol–water partition coefficient (Wildman–Crippen LogP) is -0.392. The summed E-state index contributed by atoms with van der Waals surface area (Å²) in [4.78, 5) is 12.2. The van der Waals surface area contributed by atoms with Crippen LogP contribution in [0.1, 0.15) is 13.8 Å². The van der Waals surface area contributed by atoms with Gasteiger partial charge >= 0.3 is 6.09 Å². The lowest BCUT2D eigenvalue weighted by Gasteiger charge is -2.35. The van der Waals surface area contributed by atoms with Crippen LogP contribution in [0, 0.1) is 0 Å². The predicted molar refractivity (Wildman–Crippen MR) is 68.1 cm³/mol. The molecule has 2 N–H and O–H groups in total. The SMILES string of the molecule is CC(C)N(C[C@H]1CN(C(=O)O)CCN1)S(C)(=O)=O. The molecule has 1 fully saturated rings. The lowest BCUT2D eigenvalue weighted by Crippen LogP contribution is -2.57. The largest absolute Gasteiger partial charge is 0.465 e. The molecule has 1 heterocycles. The van der Waals surface area contributed by atoms with Crippen molar-refractivity contribution in [3.05, 3.63) is 0 Å². The summed E-state index contributed by atoms with van der Waals surface area (Å²) in [6.45, 7) is 5.20. The molecule has 1 rings (SSSR count). The normalized spacial score (nSPS) is 21.6. The molecule has 1 amide bonds. The highest BCUT2D eigenvalue weighted by molar-refractivity contribution is 7.88. The molecule has 1 aliphatic heterocycles. The van der Waals surface area contributed by atoms with E-state index in [1.54, 1.807) is 13.8 Å². The fraction of sp³-hybridized carbons (Fsp3) is 0.900. The second-order valence-corrected chi connectivity index (χ2v) is 6.74. The minimum atomic E-state index is -3.27. The molecule has 0 radical (unpaired) electrons. The molecule has 0 aromatic heterocycles. The molecule has 0 unspecified atom stereocenters. The Balaban J connectivity index is 2.68. The summed E-state index contributed by atoms with van der Waals surface area (Å²) in [5.41, 5.74) is 0. The van der Waals surface area contributed by atoms with Crippen LogP contribution in [0.2, 0.25) is 0 Å². The summed E-state index contributed by atoms with van der Waals surface area (Å²) in [5, 5.41) is 12.1. The van der Waals surface area contributed by atoms with Crippen LogP contribution in [-0.4, -0.2) is 73.3 Å². The van der Waals surface area contributed by atoms with E-state index in [2.05, 4.69) is 5.32 Å². The van der Waals surface area contributed by atoms with Gasteiger partial charge in [0.15, 0.2) is 0 Å². The van der Waals surface area contributed by atoms with Crippen molar-refractivity contribution in [2.24, 2.45) is 0 Å². The maximum atomic E-state index is 11.6. The van der Waals surface area contributed by atoms with E-state index in [0.717, 1.165) is 0 Å². The van der Waals surface area contributed by atoms with Crippen molar-refractivity contribution < 1.29 is 18.3 Å². The van der Waals surface area contributed by atoms with Gasteiger partial charge in [0.25, 0.3) is 0 Å². The molecule has 1 atom stereocenters. The molecule has 1 saturated heterocycles. The van der Waals surface area contributed by atoms with Crippen molar-refractivity contribution in [3.63, 3.8) is 0 Å². The van der Waals surface area contributed by atoms with E-state index in [1.165, 1.54) is 15.5 Å². The number of piperazine rings is 1. The van der Waals surface area contributed by atoms with Crippen LogP contribution in [-0.2, 0) is 10.0 Å². The highest BCUT2D eigenvalue weighted by Crippen LogP contribution is 2.09. The van der Waals surface area contributed by atoms with E-state index in [0.29, 0.717) is 26.2 Å². The quantitative estimate of drug-likeness (QED) is 0.731. The monoisotopic (exact) mass is 279 g/mol. The summed E-state index contributed by atoms with van der Waals surface area (Å²) >= 11 is 0. The first-order chi connectivity index (χ1) is 8.21. The lowest BCUT2D eigenvalue weighted by molar-refractivity contribution is 0.124. The zero-order chi connectivity index (χ0) is 13.9. The highest BCUT2D eigenvalue weighted by atomic mass is 32.2. The van der Waals surface area contributed by atoms with Crippen LogP contribution in [0.4, 0.5) is 4.79 Å². The van der Waals surface area contributed by atoms with Crippen LogP contribution in [0.25, 0.3) is 0 Å². The van der Waals surface area contributed by atoms with E-state index >= 15 is 0 Å². The van der Waals surface area contributed by atoms with Crippen molar-refractivity contribution in [2.75, 3.05) is 32.4 Å². The van der Waals surface area contributed by atoms with Gasteiger partial charge in [0.1, 0.15) is 0 Å². The molecule has 0 spiro atoms. The van der Waals surface area contributed by atoms with Gasteiger partial charge in [-0.3, -0.25) is 0 Å². The number of hydrogen-bond donors (Lipinski definition) is 2. The third-order valence-corrected chi connectivity index (χ3v) is 4.35. The minimum Gasteiger partial charge on any atom is -0.465 e. The Bertz CT molecular complexity index is 396. The minimum absolute atomic E-state index is 0.137. The Hall–Kier alpha value is -0.860. The third-order valence-electron chi connectivity index (χ3n) is 2.93. The Morgan fingerprint density at radius 3 is 2.61 bits per heavy atom. The Kier molecular flexibility index (Phi) is 4.94. The second-order valence-electron chi connectivity index (χ2n) is 4.81. The van der Waals surface area contributed by atoms with Gasteiger partial charge in [-0.05, 0) is 13.8 Å². The fourth-order valence-corrected chi connectivity index (χ4v) is 3.28. The molecule has 0 aliphatic carbocycles. The summed E-state index contributed by atoms with van der Waals surface area (Å²) < 4.78 is 24.6. The molecule has 0 saturated carbocycles. The van der Waals surface area contributed by atoms with E-state index < -0.39 is 16.1 Å². The van der Waals surface area contributed by atoms with Gasteiger partial charge in [-0.1, -0.05) is 0 Å². The summed E-state index contributed by atoms with van der Waals surface area (Å²) in [6.07, 6.45) is 0.210. The zero-order valence-electron chi connectivity index (χ0n) is 11.0. The van der Waals surface area contributed by atoms with Crippen molar-refractivity contribution >= 4 is 16.1 Å². The van der Waals surface area contributed by atoms with Gasteiger partial charge in [-0.15, -0.1) is 0 Å². The standard InChI is InChI=1S/C10H21N3O4S/c1-8(2)13(18(3,16)17)7-9-6-12(10(14)15)5-4-11-9/h8-9,11H,4-7H2,1-3H3,(H,14,15)/t9-/m1/s1. The van der Waals surface area contributed by atoms with Crippen LogP contribution >= 0.6 is 0 Å². The van der Waals surface area contributed by atoms with E-state index in [9.17, 15) is 13.2 Å². The highest BCUT2D eigenvalue weighted by Gasteiger charge is 2.28.